The summed E-state index contributed by atoms with van der Waals surface area (Å²) < 4.78 is 8.74. The molecular weight excluding hydrogens is 294 g/mol. The molecule has 2 atom stereocenters. The van der Waals surface area contributed by atoms with E-state index in [9.17, 15) is 0 Å². The molecule has 2 rings (SSSR count). The number of hydrogen-bond donors (Lipinski definition) is 1. The van der Waals surface area contributed by atoms with Gasteiger partial charge >= 0.3 is 0 Å². The van der Waals surface area contributed by atoms with Gasteiger partial charge in [0.05, 0.1) is 28.5 Å². The van der Waals surface area contributed by atoms with Crippen molar-refractivity contribution in [3.8, 4) is 0 Å². The molecule has 5 heteroatoms. The van der Waals surface area contributed by atoms with Gasteiger partial charge in [-0.1, -0.05) is 6.92 Å². The molecule has 0 bridgehead atoms. The maximum atomic E-state index is 5.70. The van der Waals surface area contributed by atoms with Gasteiger partial charge in [-0.25, -0.2) is 0 Å². The lowest BCUT2D eigenvalue weighted by molar-refractivity contribution is 0.0993. The van der Waals surface area contributed by atoms with Crippen LogP contribution in [0, 0.1) is 0 Å². The van der Waals surface area contributed by atoms with Crippen LogP contribution in [0.25, 0.3) is 0 Å². The molecule has 1 aromatic heterocycles. The predicted octanol–water partition coefficient (Wildman–Crippen LogP) is 2.79. The molecule has 1 aromatic rings. The lowest BCUT2D eigenvalue weighted by Crippen LogP contribution is -2.25. The van der Waals surface area contributed by atoms with Gasteiger partial charge in [-0.15, -0.1) is 0 Å². The first-order valence-electron chi connectivity index (χ1n) is 6.74. The summed E-state index contributed by atoms with van der Waals surface area (Å²) in [5, 5.41) is 7.84. The van der Waals surface area contributed by atoms with Crippen LogP contribution in [-0.2, 0) is 11.8 Å². The Bertz CT molecular complexity index is 355. The van der Waals surface area contributed by atoms with Gasteiger partial charge in [0.1, 0.15) is 0 Å². The first-order chi connectivity index (χ1) is 8.72. The van der Waals surface area contributed by atoms with Crippen LogP contribution < -0.4 is 5.32 Å². The molecule has 4 nitrogen and oxygen atoms in total. The van der Waals surface area contributed by atoms with Gasteiger partial charge in [0.15, 0.2) is 0 Å². The normalized spacial score (nSPS) is 21.4. The van der Waals surface area contributed by atoms with Crippen molar-refractivity contribution in [2.75, 3.05) is 13.2 Å². The number of rotatable bonds is 6. The summed E-state index contributed by atoms with van der Waals surface area (Å²) in [5.74, 6) is 0. The predicted molar refractivity (Wildman–Crippen MR) is 75.5 cm³/mol. The van der Waals surface area contributed by atoms with E-state index in [0.29, 0.717) is 12.1 Å². The van der Waals surface area contributed by atoms with Gasteiger partial charge in [-0.3, -0.25) is 4.68 Å². The van der Waals surface area contributed by atoms with E-state index >= 15 is 0 Å². The zero-order valence-corrected chi connectivity index (χ0v) is 12.7. The van der Waals surface area contributed by atoms with E-state index in [1.807, 2.05) is 17.9 Å². The molecule has 0 radical (unpaired) electrons. The van der Waals surface area contributed by atoms with Crippen LogP contribution in [-0.4, -0.2) is 29.0 Å². The largest absolute Gasteiger partial charge is 0.378 e. The number of aryl methyl sites for hydroxylation is 1. The van der Waals surface area contributed by atoms with Crippen LogP contribution in [0.3, 0.4) is 0 Å². The summed E-state index contributed by atoms with van der Waals surface area (Å²) in [6.07, 6.45) is 6.97. The second-order valence-corrected chi connectivity index (χ2v) is 5.68. The summed E-state index contributed by atoms with van der Waals surface area (Å²) in [4.78, 5) is 0. The second-order valence-electron chi connectivity index (χ2n) is 4.82. The Morgan fingerprint density at radius 1 is 1.67 bits per heavy atom. The molecule has 0 amide bonds. The second kappa shape index (κ2) is 6.68. The third-order valence-electron chi connectivity index (χ3n) is 3.52. The number of ether oxygens (including phenoxy) is 1. The average Bonchev–Trinajstić information content (AvgIpc) is 2.96. The van der Waals surface area contributed by atoms with Crippen molar-refractivity contribution >= 4 is 15.9 Å². The van der Waals surface area contributed by atoms with E-state index in [1.54, 1.807) is 0 Å². The van der Waals surface area contributed by atoms with Crippen LogP contribution in [0.4, 0.5) is 0 Å². The van der Waals surface area contributed by atoms with Crippen LogP contribution in [0.15, 0.2) is 10.7 Å². The summed E-state index contributed by atoms with van der Waals surface area (Å²) in [5.41, 5.74) is 1.23. The highest BCUT2D eigenvalue weighted by Gasteiger charge is 2.21. The van der Waals surface area contributed by atoms with Crippen LogP contribution >= 0.6 is 15.9 Å². The maximum absolute atomic E-state index is 5.70. The number of hydrogen-bond acceptors (Lipinski definition) is 3. The number of aromatic nitrogens is 2. The number of nitrogens with zero attached hydrogens (tertiary/aromatic N) is 2. The van der Waals surface area contributed by atoms with E-state index in [4.69, 9.17) is 4.74 Å². The van der Waals surface area contributed by atoms with Gasteiger partial charge < -0.3 is 10.1 Å². The molecule has 1 N–H and O–H groups in total. The van der Waals surface area contributed by atoms with Gasteiger partial charge in [0.2, 0.25) is 0 Å². The molecule has 1 aliphatic heterocycles. The average molecular weight is 316 g/mol. The van der Waals surface area contributed by atoms with Gasteiger partial charge in [0, 0.05) is 13.7 Å². The van der Waals surface area contributed by atoms with Crippen molar-refractivity contribution in [2.24, 2.45) is 7.05 Å². The molecule has 0 aromatic carbocycles. The zero-order valence-electron chi connectivity index (χ0n) is 11.2. The van der Waals surface area contributed by atoms with Crippen molar-refractivity contribution in [3.63, 3.8) is 0 Å². The monoisotopic (exact) mass is 315 g/mol. The highest BCUT2D eigenvalue weighted by atomic mass is 79.9. The Morgan fingerprint density at radius 3 is 3.06 bits per heavy atom. The van der Waals surface area contributed by atoms with Crippen molar-refractivity contribution in [1.82, 2.24) is 15.1 Å². The Hall–Kier alpha value is -0.390. The third-order valence-corrected chi connectivity index (χ3v) is 4.13. The fraction of sp³-hybridized carbons (Fsp3) is 0.769. The van der Waals surface area contributed by atoms with Gasteiger partial charge in [-0.2, -0.15) is 5.10 Å². The standard InChI is InChI=1S/C13H22BrN3O/c1-3-15-12(7-6-10-5-4-8-18-10)13-11(14)9-16-17(13)2/h9-10,12,15H,3-8H2,1-2H3. The molecule has 102 valence electrons. The van der Waals surface area contributed by atoms with E-state index in [-0.39, 0.29) is 0 Å². The van der Waals surface area contributed by atoms with E-state index in [1.165, 1.54) is 18.5 Å². The minimum atomic E-state index is 0.348. The fourth-order valence-corrected chi connectivity index (χ4v) is 3.24. The Kier molecular flexibility index (Phi) is 5.21. The summed E-state index contributed by atoms with van der Waals surface area (Å²) >= 11 is 3.59. The molecule has 1 saturated heterocycles. The number of halogens is 1. The summed E-state index contributed by atoms with van der Waals surface area (Å²) in [7, 11) is 2.00. The van der Waals surface area contributed by atoms with E-state index < -0.39 is 0 Å². The first kappa shape index (κ1) is 14.0. The number of nitrogens with one attached hydrogen (secondary N) is 1. The van der Waals surface area contributed by atoms with Gasteiger partial charge in [0.25, 0.3) is 0 Å². The lowest BCUT2D eigenvalue weighted by atomic mass is 10.0. The van der Waals surface area contributed by atoms with Crippen LogP contribution in [0.2, 0.25) is 0 Å². The third kappa shape index (κ3) is 3.33. The van der Waals surface area contributed by atoms with Crippen molar-refractivity contribution in [1.29, 1.82) is 0 Å². The SMILES string of the molecule is CCNC(CCC1CCCO1)c1c(Br)cnn1C. The van der Waals surface area contributed by atoms with Crippen molar-refractivity contribution < 1.29 is 4.74 Å². The Balaban J connectivity index is 1.98. The highest BCUT2D eigenvalue weighted by molar-refractivity contribution is 9.10. The van der Waals surface area contributed by atoms with Gasteiger partial charge in [-0.05, 0) is 48.2 Å². The highest BCUT2D eigenvalue weighted by Crippen LogP contribution is 2.28. The first-order valence-corrected chi connectivity index (χ1v) is 7.54. The minimum absolute atomic E-state index is 0.348. The topological polar surface area (TPSA) is 39.1 Å². The van der Waals surface area contributed by atoms with Crippen LogP contribution in [0.5, 0.6) is 0 Å². The molecule has 2 unspecified atom stereocenters. The van der Waals surface area contributed by atoms with Crippen molar-refractivity contribution in [3.05, 3.63) is 16.4 Å². The Morgan fingerprint density at radius 2 is 2.50 bits per heavy atom. The molecule has 2 heterocycles. The minimum Gasteiger partial charge on any atom is -0.378 e. The summed E-state index contributed by atoms with van der Waals surface area (Å²) in [6.45, 7) is 4.04. The maximum Gasteiger partial charge on any atom is 0.0692 e. The molecule has 0 saturated carbocycles. The van der Waals surface area contributed by atoms with Crippen LogP contribution in [0.1, 0.15) is 44.3 Å². The summed E-state index contributed by atoms with van der Waals surface area (Å²) in [6, 6.07) is 0.348. The molecule has 1 fully saturated rings. The smallest absolute Gasteiger partial charge is 0.0692 e. The molecule has 1 aliphatic rings. The Labute approximate surface area is 117 Å². The quantitative estimate of drug-likeness (QED) is 0.877. The van der Waals surface area contributed by atoms with E-state index in [0.717, 1.165) is 30.5 Å². The molecular formula is C13H22BrN3O. The van der Waals surface area contributed by atoms with Crippen molar-refractivity contribution in [2.45, 2.75) is 44.8 Å². The van der Waals surface area contributed by atoms with E-state index in [2.05, 4.69) is 33.3 Å². The molecule has 18 heavy (non-hydrogen) atoms. The molecule has 0 spiro atoms. The lowest BCUT2D eigenvalue weighted by Gasteiger charge is -2.20. The fourth-order valence-electron chi connectivity index (χ4n) is 2.62. The zero-order chi connectivity index (χ0) is 13.0. The molecule has 0 aliphatic carbocycles.